The van der Waals surface area contributed by atoms with Crippen LogP contribution in [0.4, 0.5) is 11.4 Å². The minimum absolute atomic E-state index is 0.265. The minimum atomic E-state index is 0.265. The van der Waals surface area contributed by atoms with Crippen LogP contribution < -0.4 is 15.8 Å². The molecule has 1 aromatic heterocycles. The van der Waals surface area contributed by atoms with E-state index in [-0.39, 0.29) is 6.04 Å². The van der Waals surface area contributed by atoms with Crippen LogP contribution in [0.2, 0.25) is 0 Å². The van der Waals surface area contributed by atoms with E-state index >= 15 is 0 Å². The van der Waals surface area contributed by atoms with E-state index in [1.165, 1.54) is 4.88 Å². The van der Waals surface area contributed by atoms with Crippen molar-refractivity contribution in [3.8, 4) is 5.75 Å². The highest BCUT2D eigenvalue weighted by Crippen LogP contribution is 2.27. The quantitative estimate of drug-likeness (QED) is 0.774. The zero-order valence-electron chi connectivity index (χ0n) is 11.3. The van der Waals surface area contributed by atoms with Crippen LogP contribution in [0.15, 0.2) is 35.7 Å². The van der Waals surface area contributed by atoms with Crippen LogP contribution in [0.3, 0.4) is 0 Å². The number of ether oxygens (including phenoxy) is 1. The molecule has 1 aromatic carbocycles. The monoisotopic (exact) mass is 276 g/mol. The Kier molecular flexibility index (Phi) is 4.68. The molecule has 2 rings (SSSR count). The molecule has 1 atom stereocenters. The van der Waals surface area contributed by atoms with Crippen molar-refractivity contribution in [3.05, 3.63) is 40.6 Å². The average molecular weight is 276 g/mol. The zero-order chi connectivity index (χ0) is 13.7. The fourth-order valence-corrected chi connectivity index (χ4v) is 2.60. The van der Waals surface area contributed by atoms with Gasteiger partial charge in [-0.15, -0.1) is 11.3 Å². The first kappa shape index (κ1) is 13.7. The number of nitrogens with one attached hydrogen (secondary N) is 1. The normalized spacial score (nSPS) is 12.1. The molecule has 0 amide bonds. The number of thiophene rings is 1. The Balaban J connectivity index is 2.09. The molecule has 2 aromatic rings. The van der Waals surface area contributed by atoms with Crippen molar-refractivity contribution in [1.82, 2.24) is 0 Å². The first-order chi connectivity index (χ1) is 9.19. The Morgan fingerprint density at radius 2 is 2.21 bits per heavy atom. The minimum Gasteiger partial charge on any atom is -0.493 e. The van der Waals surface area contributed by atoms with Crippen molar-refractivity contribution in [1.29, 1.82) is 0 Å². The Morgan fingerprint density at radius 1 is 1.37 bits per heavy atom. The van der Waals surface area contributed by atoms with E-state index in [9.17, 15) is 0 Å². The van der Waals surface area contributed by atoms with E-state index in [1.807, 2.05) is 18.2 Å². The van der Waals surface area contributed by atoms with Gasteiger partial charge >= 0.3 is 0 Å². The van der Waals surface area contributed by atoms with Crippen LogP contribution in [0.25, 0.3) is 0 Å². The van der Waals surface area contributed by atoms with Crippen molar-refractivity contribution < 1.29 is 4.74 Å². The Hall–Kier alpha value is -1.68. The van der Waals surface area contributed by atoms with Crippen LogP contribution in [0.1, 0.15) is 31.2 Å². The smallest absolute Gasteiger partial charge is 0.123 e. The fraction of sp³-hybridized carbons (Fsp3) is 0.333. The topological polar surface area (TPSA) is 47.3 Å². The molecule has 0 saturated heterocycles. The van der Waals surface area contributed by atoms with Gasteiger partial charge in [-0.1, -0.05) is 13.0 Å². The highest BCUT2D eigenvalue weighted by molar-refractivity contribution is 7.10. The molecule has 19 heavy (non-hydrogen) atoms. The Labute approximate surface area is 118 Å². The molecule has 3 nitrogen and oxygen atoms in total. The third-order valence-electron chi connectivity index (χ3n) is 2.75. The lowest BCUT2D eigenvalue weighted by molar-refractivity contribution is 0.318. The summed E-state index contributed by atoms with van der Waals surface area (Å²) in [5, 5.41) is 5.54. The molecule has 0 fully saturated rings. The maximum atomic E-state index is 5.91. The molecule has 0 saturated carbocycles. The maximum Gasteiger partial charge on any atom is 0.123 e. The van der Waals surface area contributed by atoms with Gasteiger partial charge in [-0.2, -0.15) is 0 Å². The molecule has 1 unspecified atom stereocenters. The lowest BCUT2D eigenvalue weighted by atomic mass is 10.2. The number of benzene rings is 1. The lowest BCUT2D eigenvalue weighted by Gasteiger charge is -2.15. The van der Waals surface area contributed by atoms with Crippen LogP contribution in [0.5, 0.6) is 5.75 Å². The second-order valence-electron chi connectivity index (χ2n) is 4.52. The molecule has 4 heteroatoms. The summed E-state index contributed by atoms with van der Waals surface area (Å²) in [6.45, 7) is 4.94. The number of nitrogen functional groups attached to an aromatic ring is 1. The summed E-state index contributed by atoms with van der Waals surface area (Å²) < 4.78 is 5.63. The molecule has 0 radical (unpaired) electrons. The number of rotatable bonds is 6. The van der Waals surface area contributed by atoms with Gasteiger partial charge in [0.2, 0.25) is 0 Å². The summed E-state index contributed by atoms with van der Waals surface area (Å²) in [5.41, 5.74) is 7.62. The van der Waals surface area contributed by atoms with Crippen LogP contribution in [0, 0.1) is 0 Å². The first-order valence-corrected chi connectivity index (χ1v) is 7.40. The van der Waals surface area contributed by atoms with Gasteiger partial charge in [0.05, 0.1) is 12.6 Å². The predicted molar refractivity (Wildman–Crippen MR) is 83.0 cm³/mol. The van der Waals surface area contributed by atoms with Crippen molar-refractivity contribution in [2.24, 2.45) is 0 Å². The van der Waals surface area contributed by atoms with Crippen LogP contribution in [-0.4, -0.2) is 6.61 Å². The zero-order valence-corrected chi connectivity index (χ0v) is 12.2. The van der Waals surface area contributed by atoms with Crippen LogP contribution >= 0.6 is 11.3 Å². The molecule has 0 aliphatic carbocycles. The van der Waals surface area contributed by atoms with Crippen molar-refractivity contribution >= 4 is 22.7 Å². The highest BCUT2D eigenvalue weighted by Gasteiger charge is 2.07. The molecular formula is C15H20N2OS. The fourth-order valence-electron chi connectivity index (χ4n) is 1.87. The van der Waals surface area contributed by atoms with Gasteiger partial charge in [0.1, 0.15) is 5.75 Å². The Bertz CT molecular complexity index is 511. The number of hydrogen-bond donors (Lipinski definition) is 2. The highest BCUT2D eigenvalue weighted by atomic mass is 32.1. The average Bonchev–Trinajstić information content (AvgIpc) is 2.89. The summed E-state index contributed by atoms with van der Waals surface area (Å²) >= 11 is 1.75. The molecule has 1 heterocycles. The third kappa shape index (κ3) is 3.89. The third-order valence-corrected chi connectivity index (χ3v) is 3.81. The second-order valence-corrected chi connectivity index (χ2v) is 5.50. The van der Waals surface area contributed by atoms with E-state index in [4.69, 9.17) is 10.5 Å². The molecule has 102 valence electrons. The van der Waals surface area contributed by atoms with Gasteiger partial charge in [0.15, 0.2) is 0 Å². The summed E-state index contributed by atoms with van der Waals surface area (Å²) in [6, 6.07) is 10.2. The predicted octanol–water partition coefficient (Wildman–Crippen LogP) is 4.29. The van der Waals surface area contributed by atoms with Crippen LogP contribution in [-0.2, 0) is 0 Å². The lowest BCUT2D eigenvalue weighted by Crippen LogP contribution is -2.06. The van der Waals surface area contributed by atoms with Crippen molar-refractivity contribution in [3.63, 3.8) is 0 Å². The summed E-state index contributed by atoms with van der Waals surface area (Å²) in [4.78, 5) is 1.30. The van der Waals surface area contributed by atoms with E-state index in [2.05, 4.69) is 36.7 Å². The van der Waals surface area contributed by atoms with E-state index in [0.717, 1.165) is 23.5 Å². The van der Waals surface area contributed by atoms with Gasteiger partial charge in [-0.05, 0) is 30.9 Å². The van der Waals surface area contributed by atoms with Gasteiger partial charge in [-0.3, -0.25) is 0 Å². The number of hydrogen-bond acceptors (Lipinski definition) is 4. The van der Waals surface area contributed by atoms with Gasteiger partial charge < -0.3 is 15.8 Å². The second kappa shape index (κ2) is 6.48. The molecule has 3 N–H and O–H groups in total. The van der Waals surface area contributed by atoms with Gasteiger partial charge in [0.25, 0.3) is 0 Å². The SMILES string of the molecule is CCCOc1cc(N)cc(NC(C)c2cccs2)c1. The molecule has 0 aliphatic heterocycles. The molecular weight excluding hydrogens is 256 g/mol. The largest absolute Gasteiger partial charge is 0.493 e. The van der Waals surface area contributed by atoms with E-state index < -0.39 is 0 Å². The van der Waals surface area contributed by atoms with E-state index in [0.29, 0.717) is 6.61 Å². The number of anilines is 2. The Morgan fingerprint density at radius 3 is 2.89 bits per heavy atom. The van der Waals surface area contributed by atoms with Gasteiger partial charge in [-0.25, -0.2) is 0 Å². The van der Waals surface area contributed by atoms with Gasteiger partial charge in [0, 0.05) is 28.4 Å². The first-order valence-electron chi connectivity index (χ1n) is 6.52. The molecule has 0 bridgehead atoms. The standard InChI is InChI=1S/C15H20N2OS/c1-3-6-18-14-9-12(16)8-13(10-14)17-11(2)15-5-4-7-19-15/h4-5,7-11,17H,3,6,16H2,1-2H3. The molecule has 0 aliphatic rings. The maximum absolute atomic E-state index is 5.91. The van der Waals surface area contributed by atoms with Crippen molar-refractivity contribution in [2.75, 3.05) is 17.7 Å². The summed E-state index contributed by atoms with van der Waals surface area (Å²) in [5.74, 6) is 0.822. The summed E-state index contributed by atoms with van der Waals surface area (Å²) in [6.07, 6.45) is 0.989. The van der Waals surface area contributed by atoms with Crippen molar-refractivity contribution in [2.45, 2.75) is 26.3 Å². The summed E-state index contributed by atoms with van der Waals surface area (Å²) in [7, 11) is 0. The van der Waals surface area contributed by atoms with E-state index in [1.54, 1.807) is 11.3 Å². The number of nitrogens with two attached hydrogens (primary N) is 1. The molecule has 0 spiro atoms.